The molecule has 0 bridgehead atoms. The van der Waals surface area contributed by atoms with Crippen LogP contribution in [0.15, 0.2) is 60.7 Å². The van der Waals surface area contributed by atoms with Gasteiger partial charge in [-0.1, -0.05) is 60.7 Å². The van der Waals surface area contributed by atoms with Crippen molar-refractivity contribution in [3.63, 3.8) is 0 Å². The van der Waals surface area contributed by atoms with Gasteiger partial charge >= 0.3 is 5.97 Å². The zero-order valence-corrected chi connectivity index (χ0v) is 19.0. The van der Waals surface area contributed by atoms with Crippen LogP contribution in [-0.4, -0.2) is 60.3 Å². The first-order chi connectivity index (χ1) is 16.4. The highest BCUT2D eigenvalue weighted by Gasteiger charge is 2.52. The van der Waals surface area contributed by atoms with Crippen molar-refractivity contribution in [1.82, 2.24) is 5.32 Å². The summed E-state index contributed by atoms with van der Waals surface area (Å²) >= 11 is 0. The smallest absolute Gasteiger partial charge is 0.332 e. The molecule has 2 aromatic carbocycles. The maximum absolute atomic E-state index is 12.1. The molecule has 7 atom stereocenters. The van der Waals surface area contributed by atoms with Crippen molar-refractivity contribution in [2.24, 2.45) is 0 Å². The van der Waals surface area contributed by atoms with Crippen LogP contribution < -0.4 is 5.32 Å². The Kier molecular flexibility index (Phi) is 7.91. The Morgan fingerprint density at radius 2 is 1.76 bits per heavy atom. The molecule has 2 fully saturated rings. The van der Waals surface area contributed by atoms with E-state index in [1.165, 1.54) is 13.8 Å². The molecular weight excluding hydrogens is 442 g/mol. The van der Waals surface area contributed by atoms with Gasteiger partial charge in [-0.05, 0) is 12.5 Å². The highest BCUT2D eigenvalue weighted by atomic mass is 16.8. The summed E-state index contributed by atoms with van der Waals surface area (Å²) in [4.78, 5) is 23.7. The minimum Gasteiger partial charge on any atom is -0.479 e. The first-order valence-corrected chi connectivity index (χ1v) is 11.2. The summed E-state index contributed by atoms with van der Waals surface area (Å²) in [7, 11) is 0. The van der Waals surface area contributed by atoms with Gasteiger partial charge in [0.15, 0.2) is 18.7 Å². The van der Waals surface area contributed by atoms with Gasteiger partial charge in [0.05, 0.1) is 13.2 Å². The van der Waals surface area contributed by atoms with Crippen LogP contribution in [0.2, 0.25) is 0 Å². The van der Waals surface area contributed by atoms with Gasteiger partial charge in [-0.15, -0.1) is 0 Å². The van der Waals surface area contributed by atoms with E-state index in [0.29, 0.717) is 0 Å². The molecule has 2 aliphatic rings. The highest BCUT2D eigenvalue weighted by Crippen LogP contribution is 2.36. The van der Waals surface area contributed by atoms with Crippen LogP contribution in [-0.2, 0) is 39.9 Å². The SMILES string of the molecule is CC(=O)NC1[C@@H](OCc2ccccc2)OC2COC(c3ccccc3)O[C@H]2[C@H]1O[C@H](C)C(=O)O. The van der Waals surface area contributed by atoms with E-state index in [2.05, 4.69) is 5.32 Å². The number of hydrogen-bond acceptors (Lipinski definition) is 7. The molecule has 34 heavy (non-hydrogen) atoms. The van der Waals surface area contributed by atoms with E-state index < -0.39 is 49.0 Å². The lowest BCUT2D eigenvalue weighted by atomic mass is 9.95. The largest absolute Gasteiger partial charge is 0.479 e. The van der Waals surface area contributed by atoms with E-state index in [9.17, 15) is 14.7 Å². The van der Waals surface area contributed by atoms with Crippen LogP contribution in [0.3, 0.4) is 0 Å². The molecule has 1 amide bonds. The number of amides is 1. The lowest BCUT2D eigenvalue weighted by Crippen LogP contribution is -2.67. The van der Waals surface area contributed by atoms with Crippen molar-refractivity contribution in [2.45, 2.75) is 63.5 Å². The average Bonchev–Trinajstić information content (AvgIpc) is 2.84. The molecule has 2 aromatic rings. The van der Waals surface area contributed by atoms with Crippen molar-refractivity contribution in [3.8, 4) is 0 Å². The predicted octanol–water partition coefficient (Wildman–Crippen LogP) is 2.41. The predicted molar refractivity (Wildman–Crippen MR) is 119 cm³/mol. The highest BCUT2D eigenvalue weighted by molar-refractivity contribution is 5.73. The first-order valence-electron chi connectivity index (χ1n) is 11.2. The standard InChI is InChI=1S/C25H29NO8/c1-15(23(28)29)32-22-20(26-16(2)27)25(30-13-17-9-5-3-6-10-17)33-19-14-31-24(34-21(19)22)18-11-7-4-8-12-18/h3-12,15,19-22,24-25H,13-14H2,1-2H3,(H,26,27)(H,28,29)/t15-,19?,20?,21-,22+,24?,25+/m1/s1. The molecule has 2 N–H and O–H groups in total. The molecular formula is C25H29NO8. The van der Waals surface area contributed by atoms with Crippen molar-refractivity contribution in [3.05, 3.63) is 71.8 Å². The van der Waals surface area contributed by atoms with Crippen LogP contribution in [0.4, 0.5) is 0 Å². The van der Waals surface area contributed by atoms with Crippen LogP contribution in [0.1, 0.15) is 31.3 Å². The number of ether oxygens (including phenoxy) is 5. The number of carboxylic acid groups (broad SMARTS) is 1. The molecule has 3 unspecified atom stereocenters. The molecule has 9 nitrogen and oxygen atoms in total. The van der Waals surface area contributed by atoms with Crippen molar-refractivity contribution < 1.29 is 38.4 Å². The Bertz CT molecular complexity index is 956. The summed E-state index contributed by atoms with van der Waals surface area (Å²) in [5.74, 6) is -1.46. The van der Waals surface area contributed by atoms with Crippen molar-refractivity contribution >= 4 is 11.9 Å². The molecule has 0 saturated carbocycles. The summed E-state index contributed by atoms with van der Waals surface area (Å²) in [6.45, 7) is 3.22. The number of carbonyl (C=O) groups is 2. The van der Waals surface area contributed by atoms with E-state index in [0.717, 1.165) is 11.1 Å². The third-order valence-corrected chi connectivity index (χ3v) is 5.75. The van der Waals surface area contributed by atoms with Crippen molar-refractivity contribution in [1.29, 1.82) is 0 Å². The normalized spacial score (nSPS) is 29.6. The van der Waals surface area contributed by atoms with E-state index >= 15 is 0 Å². The number of fused-ring (bicyclic) bond motifs is 1. The Labute approximate surface area is 197 Å². The molecule has 4 rings (SSSR count). The fraction of sp³-hybridized carbons (Fsp3) is 0.440. The molecule has 0 radical (unpaired) electrons. The molecule has 0 aliphatic carbocycles. The van der Waals surface area contributed by atoms with E-state index in [1.807, 2.05) is 60.7 Å². The molecule has 2 saturated heterocycles. The van der Waals surface area contributed by atoms with Crippen LogP contribution >= 0.6 is 0 Å². The van der Waals surface area contributed by atoms with Crippen LogP contribution in [0.25, 0.3) is 0 Å². The summed E-state index contributed by atoms with van der Waals surface area (Å²) in [6.07, 6.45) is -4.87. The summed E-state index contributed by atoms with van der Waals surface area (Å²) in [5, 5.41) is 12.3. The summed E-state index contributed by atoms with van der Waals surface area (Å²) < 4.78 is 30.3. The number of rotatable bonds is 8. The first kappa shape index (κ1) is 24.3. The Morgan fingerprint density at radius 3 is 2.41 bits per heavy atom. The third kappa shape index (κ3) is 5.81. The second-order valence-corrected chi connectivity index (χ2v) is 8.32. The number of carbonyl (C=O) groups excluding carboxylic acids is 1. The quantitative estimate of drug-likeness (QED) is 0.604. The van der Waals surface area contributed by atoms with Gasteiger partial charge in [-0.3, -0.25) is 4.79 Å². The fourth-order valence-corrected chi connectivity index (χ4v) is 4.09. The Morgan fingerprint density at radius 1 is 1.09 bits per heavy atom. The second kappa shape index (κ2) is 11.1. The summed E-state index contributed by atoms with van der Waals surface area (Å²) in [5.41, 5.74) is 1.73. The zero-order chi connectivity index (χ0) is 24.1. The van der Waals surface area contributed by atoms with Gasteiger partial charge in [0.1, 0.15) is 24.4 Å². The maximum atomic E-state index is 12.1. The number of hydrogen-bond donors (Lipinski definition) is 2. The molecule has 0 aromatic heterocycles. The monoisotopic (exact) mass is 471 g/mol. The Hall–Kier alpha value is -2.82. The average molecular weight is 472 g/mol. The molecule has 0 spiro atoms. The minimum absolute atomic E-state index is 0.184. The van der Waals surface area contributed by atoms with Gasteiger partial charge in [0, 0.05) is 12.5 Å². The van der Waals surface area contributed by atoms with Gasteiger partial charge in [0.25, 0.3) is 0 Å². The van der Waals surface area contributed by atoms with Gasteiger partial charge in [-0.2, -0.15) is 0 Å². The lowest BCUT2D eigenvalue weighted by molar-refractivity contribution is -0.351. The number of aliphatic carboxylic acids is 1. The van der Waals surface area contributed by atoms with Crippen molar-refractivity contribution in [2.75, 3.05) is 6.61 Å². The Balaban J connectivity index is 1.59. The molecule has 2 heterocycles. The molecule has 2 aliphatic heterocycles. The van der Waals surface area contributed by atoms with Crippen LogP contribution in [0, 0.1) is 0 Å². The summed E-state index contributed by atoms with van der Waals surface area (Å²) in [6, 6.07) is 18.1. The van der Waals surface area contributed by atoms with Gasteiger partial charge < -0.3 is 34.1 Å². The van der Waals surface area contributed by atoms with E-state index in [1.54, 1.807) is 0 Å². The van der Waals surface area contributed by atoms with Gasteiger partial charge in [-0.25, -0.2) is 4.79 Å². The fourth-order valence-electron chi connectivity index (χ4n) is 4.09. The number of carboxylic acids is 1. The number of nitrogens with one attached hydrogen (secondary N) is 1. The molecule has 182 valence electrons. The lowest BCUT2D eigenvalue weighted by Gasteiger charge is -2.49. The maximum Gasteiger partial charge on any atom is 0.332 e. The third-order valence-electron chi connectivity index (χ3n) is 5.75. The van der Waals surface area contributed by atoms with Gasteiger partial charge in [0.2, 0.25) is 5.91 Å². The topological polar surface area (TPSA) is 113 Å². The second-order valence-electron chi connectivity index (χ2n) is 8.32. The molecule has 9 heteroatoms. The number of benzene rings is 2. The minimum atomic E-state index is -1.14. The van der Waals surface area contributed by atoms with E-state index in [-0.39, 0.29) is 19.1 Å². The zero-order valence-electron chi connectivity index (χ0n) is 19.0. The van der Waals surface area contributed by atoms with Crippen LogP contribution in [0.5, 0.6) is 0 Å². The van der Waals surface area contributed by atoms with E-state index in [4.69, 9.17) is 23.7 Å².